The maximum Gasteiger partial charge on any atom is 0.341 e. The van der Waals surface area contributed by atoms with E-state index in [1.165, 1.54) is 16.9 Å². The van der Waals surface area contributed by atoms with Gasteiger partial charge in [-0.1, -0.05) is 62.7 Å². The molecule has 0 unspecified atom stereocenters. The molecule has 1 aromatic heterocycles. The van der Waals surface area contributed by atoms with Crippen LogP contribution in [0.1, 0.15) is 68.4 Å². The lowest BCUT2D eigenvalue weighted by Gasteiger charge is -2.23. The molecular formula is C29H35NO4S. The summed E-state index contributed by atoms with van der Waals surface area (Å²) in [6.45, 7) is 11.1. The summed E-state index contributed by atoms with van der Waals surface area (Å²) in [5.41, 5.74) is 4.64. The van der Waals surface area contributed by atoms with Crippen LogP contribution in [-0.4, -0.2) is 25.1 Å². The van der Waals surface area contributed by atoms with Crippen LogP contribution in [0.3, 0.4) is 0 Å². The molecule has 0 aliphatic rings. The number of ether oxygens (including phenoxy) is 2. The fourth-order valence-corrected chi connectivity index (χ4v) is 4.59. The van der Waals surface area contributed by atoms with Gasteiger partial charge in [-0.25, -0.2) is 4.79 Å². The van der Waals surface area contributed by atoms with Gasteiger partial charge in [0, 0.05) is 17.4 Å². The molecule has 0 fully saturated rings. The van der Waals surface area contributed by atoms with Gasteiger partial charge in [-0.15, -0.1) is 11.3 Å². The number of carbonyl (C=O) groups excluding carboxylic acids is 2. The number of carbonyl (C=O) groups is 2. The van der Waals surface area contributed by atoms with Gasteiger partial charge in [0.2, 0.25) is 5.91 Å². The normalized spacial score (nSPS) is 11.2. The highest BCUT2D eigenvalue weighted by Crippen LogP contribution is 2.36. The van der Waals surface area contributed by atoms with Gasteiger partial charge in [0.1, 0.15) is 16.3 Å². The van der Waals surface area contributed by atoms with Crippen LogP contribution in [0.4, 0.5) is 5.00 Å². The molecule has 0 bridgehead atoms. The zero-order valence-corrected chi connectivity index (χ0v) is 22.1. The Labute approximate surface area is 212 Å². The quantitative estimate of drug-likeness (QED) is 0.223. The number of thiophene rings is 1. The predicted molar refractivity (Wildman–Crippen MR) is 144 cm³/mol. The SMILES string of the molecule is CCOC(=O)c1c(-c2ccc(C)cc2)csc1NC(=O)CCCOc1ccc(C(C)(C)CC)cc1. The molecule has 0 saturated heterocycles. The van der Waals surface area contributed by atoms with Gasteiger partial charge in [0.25, 0.3) is 0 Å². The summed E-state index contributed by atoms with van der Waals surface area (Å²) >= 11 is 1.33. The van der Waals surface area contributed by atoms with Crippen molar-refractivity contribution >= 4 is 28.2 Å². The van der Waals surface area contributed by atoms with Crippen LogP contribution in [0.15, 0.2) is 53.9 Å². The summed E-state index contributed by atoms with van der Waals surface area (Å²) in [4.78, 5) is 25.3. The number of amides is 1. The van der Waals surface area contributed by atoms with Crippen LogP contribution in [0.2, 0.25) is 0 Å². The Morgan fingerprint density at radius 2 is 1.69 bits per heavy atom. The van der Waals surface area contributed by atoms with Crippen molar-refractivity contribution in [1.82, 2.24) is 0 Å². The molecule has 3 aromatic rings. The zero-order chi connectivity index (χ0) is 25.4. The first-order valence-electron chi connectivity index (χ1n) is 12.1. The summed E-state index contributed by atoms with van der Waals surface area (Å²) in [6, 6.07) is 16.1. The van der Waals surface area contributed by atoms with E-state index in [4.69, 9.17) is 9.47 Å². The third-order valence-corrected chi connectivity index (χ3v) is 7.12. The van der Waals surface area contributed by atoms with Crippen molar-refractivity contribution in [2.75, 3.05) is 18.5 Å². The highest BCUT2D eigenvalue weighted by Gasteiger charge is 2.23. The first kappa shape index (κ1) is 26.5. The maximum atomic E-state index is 12.7. The summed E-state index contributed by atoms with van der Waals surface area (Å²) < 4.78 is 11.1. The van der Waals surface area contributed by atoms with Crippen molar-refractivity contribution in [3.05, 3.63) is 70.6 Å². The minimum absolute atomic E-state index is 0.139. The summed E-state index contributed by atoms with van der Waals surface area (Å²) in [7, 11) is 0. The highest BCUT2D eigenvalue weighted by molar-refractivity contribution is 7.15. The Bertz CT molecular complexity index is 1130. The first-order chi connectivity index (χ1) is 16.7. The lowest BCUT2D eigenvalue weighted by atomic mass is 9.82. The van der Waals surface area contributed by atoms with E-state index in [1.807, 2.05) is 48.7 Å². The molecule has 0 aliphatic carbocycles. The molecule has 1 amide bonds. The van der Waals surface area contributed by atoms with E-state index < -0.39 is 5.97 Å². The van der Waals surface area contributed by atoms with Crippen LogP contribution >= 0.6 is 11.3 Å². The highest BCUT2D eigenvalue weighted by atomic mass is 32.1. The minimum Gasteiger partial charge on any atom is -0.494 e. The predicted octanol–water partition coefficient (Wildman–Crippen LogP) is 7.39. The topological polar surface area (TPSA) is 64.6 Å². The van der Waals surface area contributed by atoms with Crippen LogP contribution in [0.5, 0.6) is 5.75 Å². The second-order valence-corrected chi connectivity index (χ2v) is 10.1. The number of rotatable bonds is 11. The number of anilines is 1. The average molecular weight is 494 g/mol. The molecule has 6 heteroatoms. The van der Waals surface area contributed by atoms with Crippen molar-refractivity contribution in [2.45, 2.75) is 59.3 Å². The number of nitrogens with one attached hydrogen (secondary N) is 1. The summed E-state index contributed by atoms with van der Waals surface area (Å²) in [5, 5.41) is 5.30. The summed E-state index contributed by atoms with van der Waals surface area (Å²) in [5.74, 6) is 0.209. The standard InChI is InChI=1S/C29H35NO4S/c1-6-29(4,5)22-14-16-23(17-15-22)34-18-8-9-25(31)30-27-26(28(32)33-7-2)24(19-35-27)21-12-10-20(3)11-13-21/h10-17,19H,6-9,18H2,1-5H3,(H,30,31). The van der Waals surface area contributed by atoms with Crippen molar-refractivity contribution in [3.8, 4) is 16.9 Å². The van der Waals surface area contributed by atoms with Gasteiger partial charge in [-0.05, 0) is 55.4 Å². The molecule has 186 valence electrons. The van der Waals surface area contributed by atoms with Crippen LogP contribution < -0.4 is 10.1 Å². The third kappa shape index (κ3) is 6.95. The first-order valence-corrected chi connectivity index (χ1v) is 13.0. The van der Waals surface area contributed by atoms with Gasteiger partial charge in [-0.3, -0.25) is 4.79 Å². The molecule has 5 nitrogen and oxygen atoms in total. The molecule has 2 aromatic carbocycles. The number of aryl methyl sites for hydroxylation is 1. The van der Waals surface area contributed by atoms with E-state index >= 15 is 0 Å². The van der Waals surface area contributed by atoms with E-state index in [0.717, 1.165) is 28.9 Å². The van der Waals surface area contributed by atoms with Crippen LogP contribution in [0, 0.1) is 6.92 Å². The average Bonchev–Trinajstić information content (AvgIpc) is 3.26. The van der Waals surface area contributed by atoms with E-state index in [9.17, 15) is 9.59 Å². The Morgan fingerprint density at radius 3 is 2.31 bits per heavy atom. The third-order valence-electron chi connectivity index (χ3n) is 6.22. The zero-order valence-electron chi connectivity index (χ0n) is 21.3. The van der Waals surface area contributed by atoms with Gasteiger partial charge < -0.3 is 14.8 Å². The van der Waals surface area contributed by atoms with Gasteiger partial charge in [0.05, 0.1) is 13.2 Å². The van der Waals surface area contributed by atoms with E-state index in [-0.39, 0.29) is 17.9 Å². The van der Waals surface area contributed by atoms with Crippen molar-refractivity contribution in [2.24, 2.45) is 0 Å². The fraction of sp³-hybridized carbons (Fsp3) is 0.379. The molecule has 1 heterocycles. The maximum absolute atomic E-state index is 12.7. The van der Waals surface area contributed by atoms with Gasteiger partial charge >= 0.3 is 5.97 Å². The van der Waals surface area contributed by atoms with Crippen molar-refractivity contribution in [3.63, 3.8) is 0 Å². The van der Waals surface area contributed by atoms with Crippen LogP contribution in [-0.2, 0) is 14.9 Å². The Morgan fingerprint density at radius 1 is 1.00 bits per heavy atom. The van der Waals surface area contributed by atoms with Crippen LogP contribution in [0.25, 0.3) is 11.1 Å². The van der Waals surface area contributed by atoms with E-state index in [2.05, 4.69) is 38.2 Å². The molecule has 0 spiro atoms. The lowest BCUT2D eigenvalue weighted by molar-refractivity contribution is -0.116. The molecule has 35 heavy (non-hydrogen) atoms. The smallest absolute Gasteiger partial charge is 0.341 e. The number of hydrogen-bond donors (Lipinski definition) is 1. The van der Waals surface area contributed by atoms with Crippen molar-refractivity contribution < 1.29 is 19.1 Å². The van der Waals surface area contributed by atoms with Gasteiger partial charge in [-0.2, -0.15) is 0 Å². The molecule has 1 N–H and O–H groups in total. The number of esters is 1. The molecule has 0 aliphatic heterocycles. The lowest BCUT2D eigenvalue weighted by Crippen LogP contribution is -2.15. The Kier molecular flexibility index (Phi) is 9.10. The molecule has 3 rings (SSSR count). The molecule has 0 radical (unpaired) electrons. The Balaban J connectivity index is 1.58. The number of hydrogen-bond acceptors (Lipinski definition) is 5. The molecular weight excluding hydrogens is 458 g/mol. The largest absolute Gasteiger partial charge is 0.494 e. The van der Waals surface area contributed by atoms with Crippen molar-refractivity contribution in [1.29, 1.82) is 0 Å². The van der Waals surface area contributed by atoms with E-state index in [1.54, 1.807) is 6.92 Å². The second-order valence-electron chi connectivity index (χ2n) is 9.20. The Hall–Kier alpha value is -3.12. The fourth-order valence-electron chi connectivity index (χ4n) is 3.62. The van der Waals surface area contributed by atoms with E-state index in [0.29, 0.717) is 30.0 Å². The molecule has 0 atom stereocenters. The van der Waals surface area contributed by atoms with Gasteiger partial charge in [0.15, 0.2) is 0 Å². The summed E-state index contributed by atoms with van der Waals surface area (Å²) in [6.07, 6.45) is 1.93. The second kappa shape index (κ2) is 12.0. The molecule has 0 saturated carbocycles. The minimum atomic E-state index is -0.433. The monoisotopic (exact) mass is 493 g/mol. The number of benzene rings is 2.